The quantitative estimate of drug-likeness (QED) is 0.819. The van der Waals surface area contributed by atoms with Crippen molar-refractivity contribution in [3.8, 4) is 11.1 Å². The van der Waals surface area contributed by atoms with E-state index in [1.807, 2.05) is 71.8 Å². The predicted molar refractivity (Wildman–Crippen MR) is 83.1 cm³/mol. The number of anilines is 2. The molecule has 1 heterocycles. The van der Waals surface area contributed by atoms with Crippen molar-refractivity contribution in [2.45, 2.75) is 6.23 Å². The topological polar surface area (TPSA) is 49.5 Å². The number of benzene rings is 2. The highest BCUT2D eigenvalue weighted by atomic mass is 16.3. The van der Waals surface area contributed by atoms with Crippen molar-refractivity contribution < 1.29 is 5.11 Å². The zero-order valence-electron chi connectivity index (χ0n) is 11.0. The molecule has 0 saturated carbocycles. The van der Waals surface area contributed by atoms with Crippen LogP contribution in [0.15, 0.2) is 73.0 Å². The molecule has 20 heavy (non-hydrogen) atoms. The molecule has 3 rings (SSSR count). The summed E-state index contributed by atoms with van der Waals surface area (Å²) in [5, 5.41) is 9.92. The number of allylic oxidation sites excluding steroid dienone is 2. The van der Waals surface area contributed by atoms with E-state index in [1.165, 1.54) is 0 Å². The van der Waals surface area contributed by atoms with Gasteiger partial charge in [-0.05, 0) is 47.5 Å². The lowest BCUT2D eigenvalue weighted by Crippen LogP contribution is -2.29. The normalized spacial score (nSPS) is 17.4. The Morgan fingerprint density at radius 2 is 1.75 bits per heavy atom. The van der Waals surface area contributed by atoms with Gasteiger partial charge in [0.15, 0.2) is 0 Å². The lowest BCUT2D eigenvalue weighted by Gasteiger charge is -2.26. The molecule has 0 spiro atoms. The molecule has 2 aromatic carbocycles. The third-order valence-electron chi connectivity index (χ3n) is 3.31. The number of hydrogen-bond acceptors (Lipinski definition) is 3. The lowest BCUT2D eigenvalue weighted by atomic mass is 10.0. The van der Waals surface area contributed by atoms with Gasteiger partial charge in [0.2, 0.25) is 0 Å². The van der Waals surface area contributed by atoms with Crippen LogP contribution in [0.5, 0.6) is 0 Å². The molecule has 1 aliphatic rings. The zero-order valence-corrected chi connectivity index (χ0v) is 11.0. The first-order valence-corrected chi connectivity index (χ1v) is 6.51. The molecule has 3 nitrogen and oxygen atoms in total. The van der Waals surface area contributed by atoms with E-state index < -0.39 is 6.23 Å². The molecule has 100 valence electrons. The molecule has 2 aromatic rings. The molecule has 0 bridgehead atoms. The van der Waals surface area contributed by atoms with E-state index in [4.69, 9.17) is 5.73 Å². The summed E-state index contributed by atoms with van der Waals surface area (Å²) in [6, 6.07) is 15.8. The van der Waals surface area contributed by atoms with Gasteiger partial charge in [0, 0.05) is 17.6 Å². The lowest BCUT2D eigenvalue weighted by molar-refractivity contribution is 0.227. The molecule has 1 unspecified atom stereocenters. The predicted octanol–water partition coefficient (Wildman–Crippen LogP) is 3.14. The van der Waals surface area contributed by atoms with Gasteiger partial charge in [0.25, 0.3) is 0 Å². The molecule has 0 fully saturated rings. The van der Waals surface area contributed by atoms with Gasteiger partial charge in [-0.1, -0.05) is 30.3 Å². The van der Waals surface area contributed by atoms with Crippen LogP contribution in [0, 0.1) is 0 Å². The first-order chi connectivity index (χ1) is 9.74. The number of hydrogen-bond donors (Lipinski definition) is 2. The maximum atomic E-state index is 9.92. The fourth-order valence-electron chi connectivity index (χ4n) is 2.27. The van der Waals surface area contributed by atoms with Crippen LogP contribution in [0.4, 0.5) is 11.4 Å². The highest BCUT2D eigenvalue weighted by molar-refractivity contribution is 5.69. The van der Waals surface area contributed by atoms with Crippen LogP contribution in [-0.4, -0.2) is 11.3 Å². The minimum absolute atomic E-state index is 0.613. The summed E-state index contributed by atoms with van der Waals surface area (Å²) in [7, 11) is 0. The Balaban J connectivity index is 1.88. The summed E-state index contributed by atoms with van der Waals surface area (Å²) in [6.45, 7) is 0. The van der Waals surface area contributed by atoms with Crippen molar-refractivity contribution in [1.82, 2.24) is 0 Å². The standard InChI is InChI=1S/C17H16N2O/c18-15-5-3-4-14(12-15)13-7-9-16(10-8-13)19-11-2-1-6-17(19)20/h1-12,17,20H,18H2. The first kappa shape index (κ1) is 12.5. The Bertz CT molecular complexity index is 659. The highest BCUT2D eigenvalue weighted by Crippen LogP contribution is 2.26. The van der Waals surface area contributed by atoms with Gasteiger partial charge < -0.3 is 15.7 Å². The van der Waals surface area contributed by atoms with Gasteiger partial charge in [-0.25, -0.2) is 0 Å². The number of rotatable bonds is 2. The molecule has 1 aliphatic heterocycles. The van der Waals surface area contributed by atoms with Crippen LogP contribution >= 0.6 is 0 Å². The van der Waals surface area contributed by atoms with Crippen molar-refractivity contribution >= 4 is 11.4 Å². The van der Waals surface area contributed by atoms with Gasteiger partial charge in [-0.3, -0.25) is 0 Å². The molecule has 0 aliphatic carbocycles. The van der Waals surface area contributed by atoms with Crippen molar-refractivity contribution in [2.75, 3.05) is 10.6 Å². The second-order valence-corrected chi connectivity index (χ2v) is 4.72. The fraction of sp³-hybridized carbons (Fsp3) is 0.0588. The zero-order chi connectivity index (χ0) is 13.9. The largest absolute Gasteiger partial charge is 0.399 e. The number of nitrogen functional groups attached to an aromatic ring is 1. The van der Waals surface area contributed by atoms with Crippen LogP contribution in [-0.2, 0) is 0 Å². The SMILES string of the molecule is Nc1cccc(-c2ccc(N3C=CC=CC3O)cc2)c1. The third-order valence-corrected chi connectivity index (χ3v) is 3.31. The second kappa shape index (κ2) is 5.23. The van der Waals surface area contributed by atoms with Crippen LogP contribution in [0.3, 0.4) is 0 Å². The van der Waals surface area contributed by atoms with E-state index in [0.717, 1.165) is 22.5 Å². The molecule has 3 heteroatoms. The number of aliphatic hydroxyl groups excluding tert-OH is 1. The number of aliphatic hydroxyl groups is 1. The fourth-order valence-corrected chi connectivity index (χ4v) is 2.27. The van der Waals surface area contributed by atoms with Crippen molar-refractivity contribution in [3.05, 3.63) is 73.0 Å². The maximum Gasteiger partial charge on any atom is 0.150 e. The van der Waals surface area contributed by atoms with Gasteiger partial charge in [-0.2, -0.15) is 0 Å². The van der Waals surface area contributed by atoms with E-state index in [1.54, 1.807) is 6.08 Å². The number of nitrogens with zero attached hydrogens (tertiary/aromatic N) is 1. The van der Waals surface area contributed by atoms with Crippen molar-refractivity contribution in [2.24, 2.45) is 0 Å². The Labute approximate surface area is 118 Å². The summed E-state index contributed by atoms with van der Waals surface area (Å²) < 4.78 is 0. The van der Waals surface area contributed by atoms with E-state index in [0.29, 0.717) is 0 Å². The van der Waals surface area contributed by atoms with E-state index in [9.17, 15) is 5.11 Å². The first-order valence-electron chi connectivity index (χ1n) is 6.51. The summed E-state index contributed by atoms with van der Waals surface area (Å²) in [5.74, 6) is 0. The van der Waals surface area contributed by atoms with Crippen LogP contribution < -0.4 is 10.6 Å². The average molecular weight is 264 g/mol. The molecular formula is C17H16N2O. The van der Waals surface area contributed by atoms with Gasteiger partial charge in [0.1, 0.15) is 6.23 Å². The van der Waals surface area contributed by atoms with E-state index in [-0.39, 0.29) is 0 Å². The van der Waals surface area contributed by atoms with Crippen LogP contribution in [0.25, 0.3) is 11.1 Å². The summed E-state index contributed by atoms with van der Waals surface area (Å²) in [4.78, 5) is 1.81. The Kier molecular flexibility index (Phi) is 3.27. The highest BCUT2D eigenvalue weighted by Gasteiger charge is 2.12. The van der Waals surface area contributed by atoms with Crippen molar-refractivity contribution in [3.63, 3.8) is 0 Å². The summed E-state index contributed by atoms with van der Waals surface area (Å²) in [5.41, 5.74) is 9.70. The Morgan fingerprint density at radius 1 is 0.950 bits per heavy atom. The maximum absolute atomic E-state index is 9.92. The Morgan fingerprint density at radius 3 is 2.45 bits per heavy atom. The van der Waals surface area contributed by atoms with Crippen LogP contribution in [0.1, 0.15) is 0 Å². The molecule has 0 radical (unpaired) electrons. The molecule has 0 saturated heterocycles. The van der Waals surface area contributed by atoms with E-state index in [2.05, 4.69) is 0 Å². The molecular weight excluding hydrogens is 248 g/mol. The monoisotopic (exact) mass is 264 g/mol. The molecule has 0 amide bonds. The molecule has 0 aromatic heterocycles. The smallest absolute Gasteiger partial charge is 0.150 e. The average Bonchev–Trinajstić information content (AvgIpc) is 2.48. The van der Waals surface area contributed by atoms with E-state index >= 15 is 0 Å². The minimum Gasteiger partial charge on any atom is -0.399 e. The molecule has 3 N–H and O–H groups in total. The molecule has 1 atom stereocenters. The number of nitrogens with two attached hydrogens (primary N) is 1. The van der Waals surface area contributed by atoms with Gasteiger partial charge in [0.05, 0.1) is 0 Å². The summed E-state index contributed by atoms with van der Waals surface area (Å²) in [6.07, 6.45) is 6.73. The van der Waals surface area contributed by atoms with Crippen LogP contribution in [0.2, 0.25) is 0 Å². The third kappa shape index (κ3) is 2.44. The van der Waals surface area contributed by atoms with Gasteiger partial charge >= 0.3 is 0 Å². The van der Waals surface area contributed by atoms with Gasteiger partial charge in [-0.15, -0.1) is 0 Å². The second-order valence-electron chi connectivity index (χ2n) is 4.72. The Hall–Kier alpha value is -2.52. The summed E-state index contributed by atoms with van der Waals surface area (Å²) >= 11 is 0. The minimum atomic E-state index is -0.613. The van der Waals surface area contributed by atoms with Crippen molar-refractivity contribution in [1.29, 1.82) is 0 Å².